The van der Waals surface area contributed by atoms with Crippen LogP contribution in [0.3, 0.4) is 0 Å². The Hall–Kier alpha value is -4.50. The maximum atomic E-state index is 6.66. The number of fused-ring (bicyclic) bond motifs is 2. The van der Waals surface area contributed by atoms with Gasteiger partial charge in [0.25, 0.3) is 0 Å². The van der Waals surface area contributed by atoms with Gasteiger partial charge in [-0.05, 0) is 92.0 Å². The van der Waals surface area contributed by atoms with Crippen molar-refractivity contribution in [3.8, 4) is 34.0 Å². The molecule has 3 nitrogen and oxygen atoms in total. The molecule has 0 atom stereocenters. The molecular weight excluding hydrogens is 500 g/mol. The SMILES string of the molecule is CC(C)(C)c1ccnc(-c2cc(Oc3cc(-c4cc(C(C)(C)C)ccn4)c4ccccc4c3)cc3ccccc23)c1. The van der Waals surface area contributed by atoms with Crippen LogP contribution in [0.2, 0.25) is 0 Å². The van der Waals surface area contributed by atoms with Crippen LogP contribution in [0.4, 0.5) is 0 Å². The van der Waals surface area contributed by atoms with Gasteiger partial charge in [0.15, 0.2) is 0 Å². The van der Waals surface area contributed by atoms with Gasteiger partial charge in [-0.15, -0.1) is 0 Å². The van der Waals surface area contributed by atoms with Crippen LogP contribution in [-0.2, 0) is 10.8 Å². The van der Waals surface area contributed by atoms with Crippen molar-refractivity contribution in [1.29, 1.82) is 0 Å². The van der Waals surface area contributed by atoms with E-state index in [2.05, 4.69) is 139 Å². The van der Waals surface area contributed by atoms with Crippen molar-refractivity contribution in [3.05, 3.63) is 121 Å². The molecule has 0 spiro atoms. The highest BCUT2D eigenvalue weighted by Gasteiger charge is 2.18. The summed E-state index contributed by atoms with van der Waals surface area (Å²) < 4.78 is 6.66. The third-order valence-electron chi connectivity index (χ3n) is 7.71. The second-order valence-electron chi connectivity index (χ2n) is 12.8. The molecule has 2 aromatic heterocycles. The predicted octanol–water partition coefficient (Wildman–Crippen LogP) is 10.5. The zero-order valence-corrected chi connectivity index (χ0v) is 24.7. The summed E-state index contributed by atoms with van der Waals surface area (Å²) in [5.74, 6) is 1.55. The molecule has 6 aromatic rings. The van der Waals surface area contributed by atoms with Gasteiger partial charge in [0.05, 0.1) is 11.4 Å². The van der Waals surface area contributed by atoms with E-state index < -0.39 is 0 Å². The molecule has 0 saturated carbocycles. The van der Waals surface area contributed by atoms with Crippen molar-refractivity contribution in [2.75, 3.05) is 0 Å². The highest BCUT2D eigenvalue weighted by molar-refractivity contribution is 5.98. The number of pyridine rings is 2. The van der Waals surface area contributed by atoms with Crippen LogP contribution in [-0.4, -0.2) is 9.97 Å². The molecule has 2 heterocycles. The van der Waals surface area contributed by atoms with Crippen LogP contribution in [0.25, 0.3) is 44.1 Å². The largest absolute Gasteiger partial charge is 0.457 e. The average molecular weight is 537 g/mol. The van der Waals surface area contributed by atoms with E-state index in [1.54, 1.807) is 0 Å². The summed E-state index contributed by atoms with van der Waals surface area (Å²) in [7, 11) is 0. The first-order valence-corrected chi connectivity index (χ1v) is 14.2. The molecular formula is C38H36N2O. The van der Waals surface area contributed by atoms with Crippen LogP contribution in [0.15, 0.2) is 109 Å². The number of rotatable bonds is 4. The lowest BCUT2D eigenvalue weighted by Gasteiger charge is -2.20. The Kier molecular flexibility index (Phi) is 6.62. The third-order valence-corrected chi connectivity index (χ3v) is 7.71. The molecule has 0 aliphatic heterocycles. The van der Waals surface area contributed by atoms with E-state index in [0.717, 1.165) is 55.6 Å². The quantitative estimate of drug-likeness (QED) is 0.225. The zero-order valence-electron chi connectivity index (χ0n) is 24.7. The first kappa shape index (κ1) is 26.7. The molecule has 0 N–H and O–H groups in total. The smallest absolute Gasteiger partial charge is 0.128 e. The van der Waals surface area contributed by atoms with Crippen LogP contribution in [0, 0.1) is 0 Å². The number of nitrogens with zero attached hydrogens (tertiary/aromatic N) is 2. The summed E-state index contributed by atoms with van der Waals surface area (Å²) in [6, 6.07) is 33.9. The molecule has 204 valence electrons. The minimum absolute atomic E-state index is 0.0292. The second-order valence-corrected chi connectivity index (χ2v) is 12.8. The normalized spacial score (nSPS) is 12.1. The van der Waals surface area contributed by atoms with Gasteiger partial charge in [-0.1, -0.05) is 90.1 Å². The topological polar surface area (TPSA) is 35.0 Å². The van der Waals surface area contributed by atoms with Gasteiger partial charge >= 0.3 is 0 Å². The molecule has 0 bridgehead atoms. The Morgan fingerprint density at radius 2 is 0.902 bits per heavy atom. The van der Waals surface area contributed by atoms with Gasteiger partial charge in [-0.3, -0.25) is 9.97 Å². The van der Waals surface area contributed by atoms with E-state index in [1.807, 2.05) is 12.4 Å². The van der Waals surface area contributed by atoms with E-state index in [-0.39, 0.29) is 10.8 Å². The predicted molar refractivity (Wildman–Crippen MR) is 172 cm³/mol. The molecule has 3 heteroatoms. The summed E-state index contributed by atoms with van der Waals surface area (Å²) in [6.45, 7) is 13.4. The van der Waals surface area contributed by atoms with Crippen LogP contribution >= 0.6 is 0 Å². The lowest BCUT2D eigenvalue weighted by Crippen LogP contribution is -2.11. The Bertz CT molecular complexity index is 1750. The number of hydrogen-bond acceptors (Lipinski definition) is 3. The summed E-state index contributed by atoms with van der Waals surface area (Å²) in [4.78, 5) is 9.56. The number of hydrogen-bond donors (Lipinski definition) is 0. The summed E-state index contributed by atoms with van der Waals surface area (Å²) in [5, 5.41) is 4.54. The Balaban J connectivity index is 1.48. The Morgan fingerprint density at radius 3 is 1.32 bits per heavy atom. The molecule has 0 aliphatic rings. The van der Waals surface area contributed by atoms with E-state index in [4.69, 9.17) is 14.7 Å². The minimum Gasteiger partial charge on any atom is -0.457 e. The van der Waals surface area contributed by atoms with Gasteiger partial charge in [0.2, 0.25) is 0 Å². The van der Waals surface area contributed by atoms with Gasteiger partial charge in [0, 0.05) is 23.5 Å². The molecule has 0 amide bonds. The highest BCUT2D eigenvalue weighted by atomic mass is 16.5. The van der Waals surface area contributed by atoms with Crippen LogP contribution < -0.4 is 4.74 Å². The molecule has 0 aliphatic carbocycles. The molecule has 0 saturated heterocycles. The fraction of sp³-hybridized carbons (Fsp3) is 0.211. The summed E-state index contributed by atoms with van der Waals surface area (Å²) >= 11 is 0. The van der Waals surface area contributed by atoms with Crippen molar-refractivity contribution in [1.82, 2.24) is 9.97 Å². The van der Waals surface area contributed by atoms with Crippen molar-refractivity contribution in [3.63, 3.8) is 0 Å². The van der Waals surface area contributed by atoms with Gasteiger partial charge in [-0.25, -0.2) is 0 Å². The molecule has 0 fully saturated rings. The number of benzene rings is 4. The third kappa shape index (κ3) is 5.45. The second kappa shape index (κ2) is 10.2. The minimum atomic E-state index is 0.0292. The Morgan fingerprint density at radius 1 is 0.488 bits per heavy atom. The standard InChI is InChI=1S/C38H36N2O/c1-37(2,3)27-15-17-39-35(21-27)33-23-29(19-25-11-7-9-13-31(25)33)41-30-20-26-12-8-10-14-32(26)34(24-30)36-22-28(16-18-40-36)38(4,5)6/h7-24H,1-6H3. The van der Waals surface area contributed by atoms with Crippen LogP contribution in [0.5, 0.6) is 11.5 Å². The summed E-state index contributed by atoms with van der Waals surface area (Å²) in [6.07, 6.45) is 3.82. The van der Waals surface area contributed by atoms with Crippen molar-refractivity contribution >= 4 is 21.5 Å². The fourth-order valence-corrected chi connectivity index (χ4v) is 5.33. The van der Waals surface area contributed by atoms with E-state index in [1.165, 1.54) is 11.1 Å². The van der Waals surface area contributed by atoms with Gasteiger partial charge in [0.1, 0.15) is 11.5 Å². The molecule has 41 heavy (non-hydrogen) atoms. The van der Waals surface area contributed by atoms with E-state index in [9.17, 15) is 0 Å². The van der Waals surface area contributed by atoms with Crippen molar-refractivity contribution in [2.24, 2.45) is 0 Å². The lowest BCUT2D eigenvalue weighted by atomic mass is 9.86. The van der Waals surface area contributed by atoms with Crippen molar-refractivity contribution < 1.29 is 4.74 Å². The fourth-order valence-electron chi connectivity index (χ4n) is 5.33. The molecule has 6 rings (SSSR count). The maximum absolute atomic E-state index is 6.66. The first-order valence-electron chi connectivity index (χ1n) is 14.2. The monoisotopic (exact) mass is 536 g/mol. The molecule has 0 unspecified atom stereocenters. The first-order chi connectivity index (χ1) is 19.6. The molecule has 0 radical (unpaired) electrons. The van der Waals surface area contributed by atoms with Gasteiger partial charge in [-0.2, -0.15) is 0 Å². The number of aromatic nitrogens is 2. The Labute approximate surface area is 242 Å². The molecule has 4 aromatic carbocycles. The average Bonchev–Trinajstić information content (AvgIpc) is 2.95. The lowest BCUT2D eigenvalue weighted by molar-refractivity contribution is 0.484. The highest BCUT2D eigenvalue weighted by Crippen LogP contribution is 2.39. The van der Waals surface area contributed by atoms with E-state index >= 15 is 0 Å². The van der Waals surface area contributed by atoms with Crippen LogP contribution in [0.1, 0.15) is 52.7 Å². The maximum Gasteiger partial charge on any atom is 0.128 e. The summed E-state index contributed by atoms with van der Waals surface area (Å²) in [5.41, 5.74) is 6.57. The van der Waals surface area contributed by atoms with E-state index in [0.29, 0.717) is 0 Å². The zero-order chi connectivity index (χ0) is 28.8. The van der Waals surface area contributed by atoms with Gasteiger partial charge < -0.3 is 4.74 Å². The number of ether oxygens (including phenoxy) is 1. The van der Waals surface area contributed by atoms with Crippen molar-refractivity contribution in [2.45, 2.75) is 52.4 Å².